The van der Waals surface area contributed by atoms with Crippen LogP contribution in [-0.4, -0.2) is 49.6 Å². The lowest BCUT2D eigenvalue weighted by atomic mass is 9.96. The van der Waals surface area contributed by atoms with E-state index in [2.05, 4.69) is 48.5 Å². The second-order valence-corrected chi connectivity index (χ2v) is 8.20. The fraction of sp³-hybridized carbons (Fsp3) is 0.941. The number of nitrogens with zero attached hydrogens (tertiary/aromatic N) is 2. The molecule has 0 aliphatic heterocycles. The van der Waals surface area contributed by atoms with Crippen LogP contribution in [0.1, 0.15) is 53.4 Å². The number of hydrazine groups is 1. The van der Waals surface area contributed by atoms with E-state index in [0.717, 1.165) is 25.7 Å². The summed E-state index contributed by atoms with van der Waals surface area (Å²) in [4.78, 5) is 3.35. The van der Waals surface area contributed by atoms with Gasteiger partial charge >= 0.3 is 0 Å². The molecule has 0 aromatic rings. The lowest BCUT2D eigenvalue weighted by molar-refractivity contribution is 0.168. The van der Waals surface area contributed by atoms with Gasteiger partial charge in [-0.3, -0.25) is 11.3 Å². The summed E-state index contributed by atoms with van der Waals surface area (Å²) in [6.07, 6.45) is 3.39. The zero-order chi connectivity index (χ0) is 20.5. The topological polar surface area (TPSA) is 76.1 Å². The maximum absolute atomic E-state index is 12.1. The van der Waals surface area contributed by atoms with E-state index in [4.69, 9.17) is 17.0 Å². The summed E-state index contributed by atoms with van der Waals surface area (Å²) >= 11 is 0. The fourth-order valence-corrected chi connectivity index (χ4v) is 4.37. The first-order valence-electron chi connectivity index (χ1n) is 9.88. The Kier molecular flexibility index (Phi) is 15.2. The second kappa shape index (κ2) is 16.8. The van der Waals surface area contributed by atoms with E-state index in [1.807, 2.05) is 0 Å². The average Bonchev–Trinajstić information content (AvgIpc) is 2.61. The zero-order valence-corrected chi connectivity index (χ0v) is 17.5. The van der Waals surface area contributed by atoms with Crippen molar-refractivity contribution in [3.63, 3.8) is 0 Å². The van der Waals surface area contributed by atoms with Gasteiger partial charge in [-0.1, -0.05) is 0 Å². The van der Waals surface area contributed by atoms with E-state index in [1.165, 1.54) is 0 Å². The minimum atomic E-state index is -1.22. The SMILES string of the molecule is [2H]NNCCC(CCCNF)CCOP(OCC[N+]#[C-])N(C(C)C)C(C)C. The monoisotopic (exact) mass is 394 g/mol. The summed E-state index contributed by atoms with van der Waals surface area (Å²) in [6, 6.07) is 0.561. The van der Waals surface area contributed by atoms with Crippen molar-refractivity contribution in [1.82, 2.24) is 15.6 Å². The molecule has 0 bridgehead atoms. The molecule has 0 amide bonds. The quantitative estimate of drug-likeness (QED) is 0.0826. The molecule has 0 saturated carbocycles. The van der Waals surface area contributed by atoms with Gasteiger partial charge in [0.15, 0.2) is 0 Å². The Balaban J connectivity index is 4.64. The van der Waals surface area contributed by atoms with Crippen LogP contribution in [0.25, 0.3) is 4.85 Å². The molecule has 4 N–H and O–H groups in total. The van der Waals surface area contributed by atoms with Gasteiger partial charge in [-0.05, 0) is 59.3 Å². The lowest BCUT2D eigenvalue weighted by Crippen LogP contribution is -2.34. The molecule has 0 aliphatic carbocycles. The first-order valence-corrected chi connectivity index (χ1v) is 10.5. The molecular formula is C17H37FN5O2P. The first-order chi connectivity index (χ1) is 13.0. The van der Waals surface area contributed by atoms with Gasteiger partial charge in [-0.2, -0.15) is 5.54 Å². The highest BCUT2D eigenvalue weighted by molar-refractivity contribution is 7.44. The summed E-state index contributed by atoms with van der Waals surface area (Å²) in [6.45, 7) is 17.7. The second-order valence-electron chi connectivity index (χ2n) is 6.75. The van der Waals surface area contributed by atoms with E-state index in [9.17, 15) is 4.48 Å². The van der Waals surface area contributed by atoms with Gasteiger partial charge in [0, 0.05) is 25.2 Å². The van der Waals surface area contributed by atoms with Gasteiger partial charge in [-0.25, -0.2) is 11.2 Å². The minimum absolute atomic E-state index is 0.280. The molecule has 0 aromatic heterocycles. The van der Waals surface area contributed by atoms with E-state index in [-0.39, 0.29) is 12.1 Å². The lowest BCUT2D eigenvalue weighted by Gasteiger charge is -2.35. The molecule has 0 heterocycles. The van der Waals surface area contributed by atoms with Crippen LogP contribution in [0.5, 0.6) is 0 Å². The average molecular weight is 394 g/mol. The number of hydrogen-bond donors (Lipinski definition) is 3. The highest BCUT2D eigenvalue weighted by atomic mass is 31.2. The van der Waals surface area contributed by atoms with Crippen molar-refractivity contribution >= 4 is 8.53 Å². The van der Waals surface area contributed by atoms with Crippen LogP contribution >= 0.6 is 8.53 Å². The molecule has 26 heavy (non-hydrogen) atoms. The van der Waals surface area contributed by atoms with Crippen LogP contribution in [0.3, 0.4) is 0 Å². The number of nitrogens with one attached hydrogen (secondary N) is 2. The molecule has 0 aromatic carbocycles. The van der Waals surface area contributed by atoms with E-state index in [1.54, 1.807) is 5.54 Å². The molecule has 0 aliphatic rings. The Morgan fingerprint density at radius 1 is 1.15 bits per heavy atom. The summed E-state index contributed by atoms with van der Waals surface area (Å²) in [5, 5.41) is 0. The van der Waals surface area contributed by atoms with Crippen LogP contribution in [0.4, 0.5) is 4.48 Å². The van der Waals surface area contributed by atoms with Crippen molar-refractivity contribution in [2.45, 2.75) is 65.5 Å². The third-order valence-corrected chi connectivity index (χ3v) is 6.05. The minimum Gasteiger partial charge on any atom is -0.322 e. The predicted octanol–water partition coefficient (Wildman–Crippen LogP) is 3.40. The molecule has 0 rings (SSSR count). The largest absolute Gasteiger partial charge is 0.322 e. The van der Waals surface area contributed by atoms with Gasteiger partial charge in [0.05, 0.1) is 6.61 Å². The van der Waals surface area contributed by atoms with Crippen molar-refractivity contribution < 1.29 is 14.9 Å². The third kappa shape index (κ3) is 12.1. The number of rotatable bonds is 18. The van der Waals surface area contributed by atoms with Crippen LogP contribution < -0.4 is 16.8 Å². The Morgan fingerprint density at radius 2 is 1.85 bits per heavy atom. The summed E-state index contributed by atoms with van der Waals surface area (Å²) < 4.78 is 33.3. The predicted molar refractivity (Wildman–Crippen MR) is 106 cm³/mol. The van der Waals surface area contributed by atoms with Crippen molar-refractivity contribution in [2.24, 2.45) is 11.8 Å². The summed E-state index contributed by atoms with van der Waals surface area (Å²) in [5.41, 5.74) is 4.48. The first kappa shape index (κ1) is 23.6. The molecule has 154 valence electrons. The van der Waals surface area contributed by atoms with E-state index in [0.29, 0.717) is 38.8 Å². The zero-order valence-electron chi connectivity index (χ0n) is 17.6. The highest BCUT2D eigenvalue weighted by Gasteiger charge is 2.27. The molecule has 7 nitrogen and oxygen atoms in total. The molecule has 0 saturated heterocycles. The van der Waals surface area contributed by atoms with Gasteiger partial charge in [0.2, 0.25) is 6.54 Å². The molecule has 0 spiro atoms. The molecule has 0 fully saturated rings. The maximum Gasteiger partial charge on any atom is 0.259 e. The van der Waals surface area contributed by atoms with Crippen molar-refractivity contribution in [2.75, 3.05) is 32.8 Å². The molecule has 9 heteroatoms. The number of hydrogen-bond acceptors (Lipinski definition) is 6. The van der Waals surface area contributed by atoms with E-state index < -0.39 is 8.53 Å². The van der Waals surface area contributed by atoms with Gasteiger partial charge in [0.25, 0.3) is 8.53 Å². The molecular weight excluding hydrogens is 356 g/mol. The van der Waals surface area contributed by atoms with Crippen molar-refractivity contribution in [1.29, 1.82) is 0 Å². The number of nitrogens with two attached hydrogens (primary N) is 1. The van der Waals surface area contributed by atoms with Gasteiger partial charge in [-0.15, -0.1) is 4.48 Å². The van der Waals surface area contributed by atoms with E-state index >= 15 is 0 Å². The highest BCUT2D eigenvalue weighted by Crippen LogP contribution is 2.46. The summed E-state index contributed by atoms with van der Waals surface area (Å²) in [5.74, 6) is 2.56. The van der Waals surface area contributed by atoms with Crippen LogP contribution in [0.15, 0.2) is 0 Å². The molecule has 2 atom stereocenters. The van der Waals surface area contributed by atoms with Crippen LogP contribution in [0, 0.1) is 12.5 Å². The summed E-state index contributed by atoms with van der Waals surface area (Å²) in [7, 11) is -1.22. The number of halogens is 1. The van der Waals surface area contributed by atoms with Gasteiger partial charge in [0.1, 0.15) is 8.02 Å². The Bertz CT molecular complexity index is 373. The third-order valence-electron chi connectivity index (χ3n) is 3.94. The smallest absolute Gasteiger partial charge is 0.259 e. The van der Waals surface area contributed by atoms with Crippen LogP contribution in [-0.2, 0) is 9.05 Å². The van der Waals surface area contributed by atoms with Crippen LogP contribution in [0.2, 0.25) is 1.41 Å². The standard InChI is InChI=1S/C17H37FN5O2P/c1-15(2)23(16(3)4)26(25-14-12-20-5)24-13-9-17(8-11-22-19)7-6-10-21-18/h15-17,21-22H,6-14,19H2,1-4H3/i/hD. The Labute approximate surface area is 161 Å². The van der Waals surface area contributed by atoms with Gasteiger partial charge < -0.3 is 13.9 Å². The molecule has 0 radical (unpaired) electrons. The Morgan fingerprint density at radius 3 is 2.42 bits per heavy atom. The molecule has 2 unspecified atom stereocenters. The maximum atomic E-state index is 12.1. The Hall–Kier alpha value is -0.390. The fourth-order valence-electron chi connectivity index (χ4n) is 2.77. The normalized spacial score (nSPS) is 14.7. The van der Waals surface area contributed by atoms with Crippen molar-refractivity contribution in [3.05, 3.63) is 11.4 Å². The van der Waals surface area contributed by atoms with Crippen molar-refractivity contribution in [3.8, 4) is 0 Å².